The van der Waals surface area contributed by atoms with Gasteiger partial charge in [0.1, 0.15) is 0 Å². The third-order valence-corrected chi connectivity index (χ3v) is 1.76. The lowest BCUT2D eigenvalue weighted by molar-refractivity contribution is -0.867. The highest BCUT2D eigenvalue weighted by Crippen LogP contribution is 1.99. The Morgan fingerprint density at radius 1 is 1.57 bits per heavy atom. The highest BCUT2D eigenvalue weighted by atomic mass is 15.1. The Morgan fingerprint density at radius 2 is 2.29 bits per heavy atom. The largest absolute Gasteiger partial charge is 0.337 e. The van der Waals surface area contributed by atoms with E-state index in [9.17, 15) is 0 Å². The maximum atomic E-state index is 2.33. The summed E-state index contributed by atoms with van der Waals surface area (Å²) in [6, 6.07) is 0. The molecule has 0 aromatic rings. The van der Waals surface area contributed by atoms with Crippen molar-refractivity contribution in [1.82, 2.24) is 0 Å². The van der Waals surface area contributed by atoms with E-state index in [1.54, 1.807) is 4.90 Å². The van der Waals surface area contributed by atoms with Gasteiger partial charge >= 0.3 is 0 Å². The van der Waals surface area contributed by atoms with Gasteiger partial charge in [0.05, 0.1) is 20.1 Å². The van der Waals surface area contributed by atoms with Gasteiger partial charge in [0.2, 0.25) is 0 Å². The normalized spacial score (nSPS) is 42.0. The predicted octanol–water partition coefficient (Wildman–Crippen LogP) is -0.459. The Balaban J connectivity index is 2.26. The number of quaternary nitrogens is 1. The maximum absolute atomic E-state index is 2.33. The molecule has 0 bridgehead atoms. The van der Waals surface area contributed by atoms with Crippen LogP contribution in [0.15, 0.2) is 0 Å². The van der Waals surface area contributed by atoms with Crippen LogP contribution in [0, 0.1) is 5.92 Å². The summed E-state index contributed by atoms with van der Waals surface area (Å²) in [6.45, 7) is 5.11. The van der Waals surface area contributed by atoms with E-state index in [2.05, 4.69) is 14.0 Å². The molecule has 1 heterocycles. The molecule has 0 aromatic heterocycles. The molecule has 1 aliphatic heterocycles. The van der Waals surface area contributed by atoms with E-state index in [0.717, 1.165) is 5.92 Å². The topological polar surface area (TPSA) is 4.44 Å². The molecule has 1 rings (SSSR count). The van der Waals surface area contributed by atoms with Crippen molar-refractivity contribution in [2.24, 2.45) is 5.92 Å². The molecule has 0 aromatic carbocycles. The van der Waals surface area contributed by atoms with E-state index >= 15 is 0 Å². The molecule has 0 amide bonds. The molecule has 1 fully saturated rings. The number of likely N-dealkylation sites (tertiary alicyclic amines) is 1. The van der Waals surface area contributed by atoms with Gasteiger partial charge in [-0.2, -0.15) is 0 Å². The Morgan fingerprint density at radius 3 is 2.43 bits per heavy atom. The number of hydrogen-bond acceptors (Lipinski definition) is 0. The van der Waals surface area contributed by atoms with E-state index in [1.165, 1.54) is 19.5 Å². The molecule has 7 heavy (non-hydrogen) atoms. The minimum Gasteiger partial charge on any atom is -0.337 e. The molecule has 2 unspecified atom stereocenters. The fourth-order valence-electron chi connectivity index (χ4n) is 1.29. The van der Waals surface area contributed by atoms with Crippen LogP contribution in [-0.2, 0) is 0 Å². The van der Waals surface area contributed by atoms with Crippen LogP contribution >= 0.6 is 0 Å². The molecule has 1 aliphatic rings. The van der Waals surface area contributed by atoms with Gasteiger partial charge in [-0.1, -0.05) is 6.92 Å². The summed E-state index contributed by atoms with van der Waals surface area (Å²) in [5.74, 6) is 0.986. The molecular weight excluding hydrogens is 86.1 g/mol. The van der Waals surface area contributed by atoms with Gasteiger partial charge in [-0.3, -0.25) is 0 Å². The standard InChI is InChI=1S/C6H13N/c1-6-3-4-7(2)5-6/h6H,3-5H2,1-2H3/p+1. The smallest absolute Gasteiger partial charge is 0.0797 e. The van der Waals surface area contributed by atoms with Crippen molar-refractivity contribution in [3.63, 3.8) is 0 Å². The quantitative estimate of drug-likeness (QED) is 0.420. The summed E-state index contributed by atoms with van der Waals surface area (Å²) in [4.78, 5) is 1.70. The zero-order chi connectivity index (χ0) is 5.28. The highest BCUT2D eigenvalue weighted by Gasteiger charge is 2.17. The van der Waals surface area contributed by atoms with Gasteiger partial charge in [-0.05, 0) is 0 Å². The van der Waals surface area contributed by atoms with Gasteiger partial charge in [-0.25, -0.2) is 0 Å². The Labute approximate surface area is 45.3 Å². The van der Waals surface area contributed by atoms with Crippen LogP contribution in [0.3, 0.4) is 0 Å². The average molecular weight is 100 g/mol. The van der Waals surface area contributed by atoms with Crippen LogP contribution in [-0.4, -0.2) is 20.1 Å². The molecule has 1 N–H and O–H groups in total. The first kappa shape index (κ1) is 5.10. The Kier molecular flexibility index (Phi) is 1.33. The molecule has 0 spiro atoms. The highest BCUT2D eigenvalue weighted by molar-refractivity contribution is 4.53. The van der Waals surface area contributed by atoms with Gasteiger partial charge in [-0.15, -0.1) is 0 Å². The van der Waals surface area contributed by atoms with Crippen molar-refractivity contribution in [1.29, 1.82) is 0 Å². The zero-order valence-corrected chi connectivity index (χ0v) is 5.20. The molecule has 0 saturated carbocycles. The summed E-state index contributed by atoms with van der Waals surface area (Å²) in [7, 11) is 2.27. The first-order valence-corrected chi connectivity index (χ1v) is 3.10. The Hall–Kier alpha value is -0.0400. The van der Waals surface area contributed by atoms with Crippen LogP contribution in [0.4, 0.5) is 0 Å². The van der Waals surface area contributed by atoms with Crippen LogP contribution in [0.5, 0.6) is 0 Å². The molecule has 0 aliphatic carbocycles. The maximum Gasteiger partial charge on any atom is 0.0797 e. The van der Waals surface area contributed by atoms with Gasteiger partial charge in [0.15, 0.2) is 0 Å². The second-order valence-electron chi connectivity index (χ2n) is 2.81. The van der Waals surface area contributed by atoms with E-state index in [0.29, 0.717) is 0 Å². The molecule has 1 nitrogen and oxygen atoms in total. The number of nitrogens with one attached hydrogen (secondary N) is 1. The number of hydrogen-bond donors (Lipinski definition) is 1. The van der Waals surface area contributed by atoms with E-state index < -0.39 is 0 Å². The fourth-order valence-corrected chi connectivity index (χ4v) is 1.29. The van der Waals surface area contributed by atoms with Crippen molar-refractivity contribution in [2.75, 3.05) is 20.1 Å². The van der Waals surface area contributed by atoms with Crippen molar-refractivity contribution in [3.8, 4) is 0 Å². The molecular formula is C6H14N+. The van der Waals surface area contributed by atoms with Crippen LogP contribution in [0.25, 0.3) is 0 Å². The third-order valence-electron chi connectivity index (χ3n) is 1.76. The van der Waals surface area contributed by atoms with E-state index in [-0.39, 0.29) is 0 Å². The lowest BCUT2D eigenvalue weighted by Crippen LogP contribution is -3.07. The van der Waals surface area contributed by atoms with Gasteiger partial charge < -0.3 is 4.90 Å². The fraction of sp³-hybridized carbons (Fsp3) is 1.00. The lowest BCUT2D eigenvalue weighted by Gasteiger charge is -2.00. The summed E-state index contributed by atoms with van der Waals surface area (Å²) in [5.41, 5.74) is 0. The summed E-state index contributed by atoms with van der Waals surface area (Å²) >= 11 is 0. The van der Waals surface area contributed by atoms with Gasteiger partial charge in [0.25, 0.3) is 0 Å². The number of rotatable bonds is 0. The third kappa shape index (κ3) is 1.16. The first-order valence-electron chi connectivity index (χ1n) is 3.10. The average Bonchev–Trinajstić information content (AvgIpc) is 1.87. The Bertz CT molecular complexity index is 53.2. The molecule has 2 atom stereocenters. The van der Waals surface area contributed by atoms with Gasteiger partial charge in [0, 0.05) is 12.3 Å². The molecule has 0 radical (unpaired) electrons. The van der Waals surface area contributed by atoms with Crippen molar-refractivity contribution in [2.45, 2.75) is 13.3 Å². The molecule has 1 heteroatoms. The zero-order valence-electron chi connectivity index (χ0n) is 5.20. The minimum absolute atomic E-state index is 0.986. The van der Waals surface area contributed by atoms with Crippen molar-refractivity contribution >= 4 is 0 Å². The first-order chi connectivity index (χ1) is 3.29. The molecule has 42 valence electrons. The summed E-state index contributed by atoms with van der Waals surface area (Å²) in [6.07, 6.45) is 1.44. The van der Waals surface area contributed by atoms with Crippen molar-refractivity contribution < 1.29 is 4.90 Å². The van der Waals surface area contributed by atoms with E-state index in [1.807, 2.05) is 0 Å². The van der Waals surface area contributed by atoms with E-state index in [4.69, 9.17) is 0 Å². The van der Waals surface area contributed by atoms with Crippen LogP contribution in [0.2, 0.25) is 0 Å². The minimum atomic E-state index is 0.986. The summed E-state index contributed by atoms with van der Waals surface area (Å²) < 4.78 is 0. The summed E-state index contributed by atoms with van der Waals surface area (Å²) in [5, 5.41) is 0. The lowest BCUT2D eigenvalue weighted by atomic mass is 10.2. The second-order valence-corrected chi connectivity index (χ2v) is 2.81. The predicted molar refractivity (Wildman–Crippen MR) is 30.4 cm³/mol. The monoisotopic (exact) mass is 100 g/mol. The van der Waals surface area contributed by atoms with Crippen molar-refractivity contribution in [3.05, 3.63) is 0 Å². The molecule has 1 saturated heterocycles. The second kappa shape index (κ2) is 1.83. The van der Waals surface area contributed by atoms with Crippen LogP contribution in [0.1, 0.15) is 13.3 Å². The SMILES string of the molecule is CC1CC[NH+](C)C1. The van der Waals surface area contributed by atoms with Crippen LogP contribution < -0.4 is 4.90 Å².